The first-order valence-corrected chi connectivity index (χ1v) is 12.2. The molecule has 37 heavy (non-hydrogen) atoms. The van der Waals surface area contributed by atoms with Gasteiger partial charge in [0.2, 0.25) is 17.7 Å². The van der Waals surface area contributed by atoms with Crippen LogP contribution in [-0.2, 0) is 19.2 Å². The van der Waals surface area contributed by atoms with Crippen molar-refractivity contribution < 1.29 is 28.0 Å². The van der Waals surface area contributed by atoms with Gasteiger partial charge in [-0.2, -0.15) is 0 Å². The maximum atomic E-state index is 15.3. The van der Waals surface area contributed by atoms with Crippen molar-refractivity contribution in [2.75, 3.05) is 6.54 Å². The van der Waals surface area contributed by atoms with Gasteiger partial charge < -0.3 is 21.7 Å². The lowest BCUT2D eigenvalue weighted by atomic mass is 9.92. The molecular formula is C27H32F2N4O4. The van der Waals surface area contributed by atoms with E-state index in [4.69, 9.17) is 5.73 Å². The van der Waals surface area contributed by atoms with E-state index in [1.807, 2.05) is 13.8 Å². The molecule has 0 saturated carbocycles. The van der Waals surface area contributed by atoms with E-state index in [2.05, 4.69) is 16.0 Å². The Morgan fingerprint density at radius 2 is 1.78 bits per heavy atom. The van der Waals surface area contributed by atoms with Crippen LogP contribution >= 0.6 is 0 Å². The number of benzene rings is 2. The lowest BCUT2D eigenvalue weighted by Gasteiger charge is -2.25. The largest absolute Gasteiger partial charge is 0.370 e. The Bertz CT molecular complexity index is 1180. The first kappa shape index (κ1) is 27.9. The molecule has 3 rings (SSSR count). The van der Waals surface area contributed by atoms with Crippen LogP contribution in [0.5, 0.6) is 0 Å². The molecule has 0 bridgehead atoms. The highest BCUT2D eigenvalue weighted by Gasteiger charge is 2.34. The molecular weight excluding hydrogens is 482 g/mol. The third-order valence-corrected chi connectivity index (χ3v) is 6.33. The molecule has 3 amide bonds. The lowest BCUT2D eigenvalue weighted by Crippen LogP contribution is -2.50. The van der Waals surface area contributed by atoms with Gasteiger partial charge in [0.1, 0.15) is 17.7 Å². The lowest BCUT2D eigenvalue weighted by molar-refractivity contribution is -0.132. The van der Waals surface area contributed by atoms with E-state index in [-0.39, 0.29) is 17.0 Å². The van der Waals surface area contributed by atoms with Crippen LogP contribution in [0.3, 0.4) is 0 Å². The molecule has 0 spiro atoms. The Balaban J connectivity index is 1.98. The maximum Gasteiger partial charge on any atom is 0.237 e. The van der Waals surface area contributed by atoms with E-state index in [0.29, 0.717) is 24.1 Å². The molecule has 10 heteroatoms. The van der Waals surface area contributed by atoms with Gasteiger partial charge >= 0.3 is 0 Å². The molecule has 0 aliphatic carbocycles. The van der Waals surface area contributed by atoms with Gasteiger partial charge in [-0.1, -0.05) is 38.1 Å². The van der Waals surface area contributed by atoms with Gasteiger partial charge in [0.05, 0.1) is 18.5 Å². The Kier molecular flexibility index (Phi) is 9.09. The number of hydrogen-bond acceptors (Lipinski definition) is 5. The van der Waals surface area contributed by atoms with Crippen molar-refractivity contribution in [1.82, 2.24) is 16.0 Å². The van der Waals surface area contributed by atoms with Crippen molar-refractivity contribution in [1.29, 1.82) is 0 Å². The quantitative estimate of drug-likeness (QED) is 0.387. The predicted octanol–water partition coefficient (Wildman–Crippen LogP) is 2.61. The van der Waals surface area contributed by atoms with Gasteiger partial charge in [0.25, 0.3) is 0 Å². The number of amides is 3. The molecule has 1 fully saturated rings. The number of Topliss-reactive ketones (excluding diaryl/α,β-unsaturated/α-hetero) is 1. The summed E-state index contributed by atoms with van der Waals surface area (Å²) in [5, 5.41) is 8.05. The van der Waals surface area contributed by atoms with Crippen LogP contribution in [-0.4, -0.2) is 42.1 Å². The molecule has 3 atom stereocenters. The molecule has 0 radical (unpaired) electrons. The number of primary amides is 1. The van der Waals surface area contributed by atoms with Crippen molar-refractivity contribution in [3.8, 4) is 11.1 Å². The maximum absolute atomic E-state index is 15.3. The van der Waals surface area contributed by atoms with Crippen LogP contribution < -0.4 is 21.7 Å². The number of rotatable bonds is 10. The summed E-state index contributed by atoms with van der Waals surface area (Å²) in [7, 11) is 0. The second-order valence-electron chi connectivity index (χ2n) is 9.55. The summed E-state index contributed by atoms with van der Waals surface area (Å²) in [4.78, 5) is 49.5. The molecule has 2 aromatic carbocycles. The third kappa shape index (κ3) is 6.97. The second-order valence-corrected chi connectivity index (χ2v) is 9.55. The molecule has 198 valence electrons. The highest BCUT2D eigenvalue weighted by Crippen LogP contribution is 2.30. The number of carbonyl (C=O) groups is 4. The zero-order valence-electron chi connectivity index (χ0n) is 21.1. The topological polar surface area (TPSA) is 130 Å². The Hall–Kier alpha value is -3.66. The van der Waals surface area contributed by atoms with Crippen LogP contribution in [0.2, 0.25) is 0 Å². The Labute approximate surface area is 214 Å². The molecule has 2 aromatic rings. The van der Waals surface area contributed by atoms with E-state index in [9.17, 15) is 23.6 Å². The van der Waals surface area contributed by atoms with Crippen LogP contribution in [0, 0.1) is 11.6 Å². The number of hydrogen-bond donors (Lipinski definition) is 4. The van der Waals surface area contributed by atoms with E-state index >= 15 is 4.39 Å². The highest BCUT2D eigenvalue weighted by atomic mass is 19.1. The zero-order chi connectivity index (χ0) is 27.3. The van der Waals surface area contributed by atoms with Gasteiger partial charge in [-0.05, 0) is 54.1 Å². The molecule has 0 aromatic heterocycles. The minimum atomic E-state index is -1.37. The van der Waals surface area contributed by atoms with E-state index in [1.165, 1.54) is 25.1 Å². The minimum Gasteiger partial charge on any atom is -0.370 e. The average Bonchev–Trinajstić information content (AvgIpc) is 3.36. The molecule has 2 unspecified atom stereocenters. The van der Waals surface area contributed by atoms with Crippen molar-refractivity contribution in [2.24, 2.45) is 5.73 Å². The minimum absolute atomic E-state index is 0.0389. The number of nitrogens with one attached hydrogen (secondary N) is 3. The molecule has 8 nitrogen and oxygen atoms in total. The highest BCUT2D eigenvalue weighted by molar-refractivity contribution is 5.98. The summed E-state index contributed by atoms with van der Waals surface area (Å²) in [6, 6.07) is 5.19. The summed E-state index contributed by atoms with van der Waals surface area (Å²) in [6.45, 7) is 5.52. The number of halogens is 2. The number of nitrogens with two attached hydrogens (primary N) is 1. The monoisotopic (exact) mass is 514 g/mol. The number of ketones is 1. The van der Waals surface area contributed by atoms with E-state index in [0.717, 1.165) is 12.5 Å². The Morgan fingerprint density at radius 3 is 2.32 bits per heavy atom. The molecule has 5 N–H and O–H groups in total. The second kappa shape index (κ2) is 12.1. The van der Waals surface area contributed by atoms with Gasteiger partial charge in [0.15, 0.2) is 5.78 Å². The summed E-state index contributed by atoms with van der Waals surface area (Å²) in [6.07, 6.45) is 0.852. The fraction of sp³-hybridized carbons (Fsp3) is 0.407. The average molecular weight is 515 g/mol. The molecule has 1 aliphatic rings. The van der Waals surface area contributed by atoms with Crippen molar-refractivity contribution in [3.05, 3.63) is 59.2 Å². The summed E-state index contributed by atoms with van der Waals surface area (Å²) in [5.74, 6) is -3.81. The van der Waals surface area contributed by atoms with Crippen molar-refractivity contribution in [2.45, 2.75) is 64.1 Å². The van der Waals surface area contributed by atoms with Crippen molar-refractivity contribution >= 4 is 23.5 Å². The fourth-order valence-corrected chi connectivity index (χ4v) is 4.45. The smallest absolute Gasteiger partial charge is 0.237 e. The predicted molar refractivity (Wildman–Crippen MR) is 134 cm³/mol. The Morgan fingerprint density at radius 1 is 1.05 bits per heavy atom. The first-order chi connectivity index (χ1) is 17.5. The SMILES string of the molecule is CC(=O)N[C@@H](CC(N)=O)C(=O)C(NC(=O)C1CCCN1)c1ccc(-c2ccc(C(C)C)c(F)c2)c(F)c1. The van der Waals surface area contributed by atoms with Gasteiger partial charge in [-0.15, -0.1) is 0 Å². The van der Waals surface area contributed by atoms with Crippen LogP contribution in [0.4, 0.5) is 8.78 Å². The first-order valence-electron chi connectivity index (χ1n) is 12.2. The normalized spacial score (nSPS) is 16.8. The summed E-state index contributed by atoms with van der Waals surface area (Å²) in [5.41, 5.74) is 6.31. The van der Waals surface area contributed by atoms with E-state index in [1.54, 1.807) is 12.1 Å². The molecule has 1 heterocycles. The standard InChI is InChI=1S/C27H32F2N4O4/c1-14(2)18-8-6-16(11-20(18)28)19-9-7-17(12-21(19)29)25(33-27(37)22-5-4-10-31-22)26(36)23(13-24(30)35)32-15(3)34/h6-9,11-12,14,22-23,25,31H,4-5,10,13H2,1-3H3,(H2,30,35)(H,32,34)(H,33,37)/t22?,23-,25?/m0/s1. The van der Waals surface area contributed by atoms with Gasteiger partial charge in [-0.25, -0.2) is 8.78 Å². The molecule has 1 saturated heterocycles. The summed E-state index contributed by atoms with van der Waals surface area (Å²) < 4.78 is 29.8. The fourth-order valence-electron chi connectivity index (χ4n) is 4.45. The summed E-state index contributed by atoms with van der Waals surface area (Å²) >= 11 is 0. The van der Waals surface area contributed by atoms with E-state index < -0.39 is 59.7 Å². The third-order valence-electron chi connectivity index (χ3n) is 6.33. The zero-order valence-corrected chi connectivity index (χ0v) is 21.1. The van der Waals surface area contributed by atoms with Crippen molar-refractivity contribution in [3.63, 3.8) is 0 Å². The van der Waals surface area contributed by atoms with Gasteiger partial charge in [-0.3, -0.25) is 19.2 Å². The molecule has 1 aliphatic heterocycles. The van der Waals surface area contributed by atoms with Gasteiger partial charge in [0, 0.05) is 12.5 Å². The number of carbonyl (C=O) groups excluding carboxylic acids is 4. The van der Waals surface area contributed by atoms with Crippen LogP contribution in [0.15, 0.2) is 36.4 Å². The van der Waals surface area contributed by atoms with Crippen LogP contribution in [0.1, 0.15) is 63.1 Å². The van der Waals surface area contributed by atoms with Crippen LogP contribution in [0.25, 0.3) is 11.1 Å².